The summed E-state index contributed by atoms with van der Waals surface area (Å²) in [4.78, 5) is 0. The first-order valence-corrected chi connectivity index (χ1v) is 6.33. The highest BCUT2D eigenvalue weighted by molar-refractivity contribution is 6.08. The first-order valence-electron chi connectivity index (χ1n) is 6.33. The van der Waals surface area contributed by atoms with E-state index in [1.165, 1.54) is 6.21 Å². The average Bonchev–Trinajstić information content (AvgIpc) is 2.51. The highest BCUT2D eigenvalue weighted by atomic mass is 15.3. The van der Waals surface area contributed by atoms with Crippen LogP contribution in [0.5, 0.6) is 0 Å². The van der Waals surface area contributed by atoms with Gasteiger partial charge >= 0.3 is 0 Å². The van der Waals surface area contributed by atoms with Gasteiger partial charge in [0, 0.05) is 5.56 Å². The van der Waals surface area contributed by atoms with Crippen molar-refractivity contribution in [3.8, 4) is 0 Å². The molecule has 20 heavy (non-hydrogen) atoms. The molecule has 2 N–H and O–H groups in total. The highest BCUT2D eigenvalue weighted by Gasteiger charge is 1.97. The Kier molecular flexibility index (Phi) is 7.13. The van der Waals surface area contributed by atoms with Crippen molar-refractivity contribution in [1.29, 1.82) is 5.41 Å². The Morgan fingerprint density at radius 2 is 1.55 bits per heavy atom. The second-order valence-corrected chi connectivity index (χ2v) is 3.83. The molecular formula is C17H19N3. The van der Waals surface area contributed by atoms with Crippen molar-refractivity contribution in [2.24, 2.45) is 5.10 Å². The number of hydrogen-bond donors (Lipinski definition) is 2. The van der Waals surface area contributed by atoms with Crippen LogP contribution in [0.2, 0.25) is 0 Å². The van der Waals surface area contributed by atoms with Gasteiger partial charge in [-0.25, -0.2) is 0 Å². The maximum Gasteiger partial charge on any atom is 0.0899 e. The Labute approximate surface area is 120 Å². The summed E-state index contributed by atoms with van der Waals surface area (Å²) in [7, 11) is 0. The predicted molar refractivity (Wildman–Crippen MR) is 87.7 cm³/mol. The molecule has 0 saturated heterocycles. The van der Waals surface area contributed by atoms with E-state index in [1.54, 1.807) is 13.0 Å². The lowest BCUT2D eigenvalue weighted by atomic mass is 10.1. The van der Waals surface area contributed by atoms with Gasteiger partial charge in [0.15, 0.2) is 0 Å². The average molecular weight is 265 g/mol. The van der Waals surface area contributed by atoms with Crippen LogP contribution in [-0.2, 0) is 0 Å². The van der Waals surface area contributed by atoms with Crippen molar-refractivity contribution in [3.63, 3.8) is 0 Å². The number of hydrazone groups is 1. The molecule has 0 aliphatic rings. The largest absolute Gasteiger partial charge is 0.313 e. The lowest BCUT2D eigenvalue weighted by molar-refractivity contribution is 1.33. The minimum atomic E-state index is 0.828. The summed E-state index contributed by atoms with van der Waals surface area (Å²) >= 11 is 0. The summed E-state index contributed by atoms with van der Waals surface area (Å²) in [5, 5.41) is 10.4. The van der Waals surface area contributed by atoms with Gasteiger partial charge in [-0.15, -0.1) is 0 Å². The molecule has 0 spiro atoms. The summed E-state index contributed by atoms with van der Waals surface area (Å²) in [5.74, 6) is 0. The number of nitrogens with zero attached hydrogens (tertiary/aromatic N) is 1. The third-order valence-corrected chi connectivity index (χ3v) is 2.34. The van der Waals surface area contributed by atoms with Gasteiger partial charge in [0.2, 0.25) is 0 Å². The molecule has 0 fully saturated rings. The summed E-state index contributed by atoms with van der Waals surface area (Å²) in [6.07, 6.45) is 2.99. The van der Waals surface area contributed by atoms with Crippen LogP contribution in [-0.4, -0.2) is 11.9 Å². The van der Waals surface area contributed by atoms with Gasteiger partial charge in [-0.05, 0) is 31.3 Å². The van der Waals surface area contributed by atoms with Crippen molar-refractivity contribution < 1.29 is 0 Å². The molecule has 0 aliphatic heterocycles. The van der Waals surface area contributed by atoms with Gasteiger partial charge in [-0.1, -0.05) is 55.1 Å². The van der Waals surface area contributed by atoms with E-state index in [4.69, 9.17) is 5.41 Å². The van der Waals surface area contributed by atoms with Crippen LogP contribution in [0.1, 0.15) is 12.5 Å². The fraction of sp³-hybridized carbons (Fsp3) is 0.0588. The molecule has 102 valence electrons. The van der Waals surface area contributed by atoms with Crippen molar-refractivity contribution in [2.75, 3.05) is 5.43 Å². The van der Waals surface area contributed by atoms with E-state index in [9.17, 15) is 0 Å². The maximum atomic E-state index is 6.08. The van der Waals surface area contributed by atoms with E-state index in [-0.39, 0.29) is 0 Å². The van der Waals surface area contributed by atoms with Crippen LogP contribution in [0, 0.1) is 5.41 Å². The van der Waals surface area contributed by atoms with Gasteiger partial charge in [-0.2, -0.15) is 5.10 Å². The molecular weight excluding hydrogens is 246 g/mol. The fourth-order valence-corrected chi connectivity index (χ4v) is 1.47. The zero-order valence-electron chi connectivity index (χ0n) is 11.6. The Morgan fingerprint density at radius 1 is 1.05 bits per heavy atom. The van der Waals surface area contributed by atoms with Crippen LogP contribution in [0.3, 0.4) is 0 Å². The van der Waals surface area contributed by atoms with Crippen LogP contribution < -0.4 is 5.43 Å². The Balaban J connectivity index is 0.000000612. The molecule has 2 aromatic rings. The normalized spacial score (nSPS) is 9.95. The van der Waals surface area contributed by atoms with Crippen molar-refractivity contribution >= 4 is 17.6 Å². The molecule has 2 rings (SSSR count). The number of hydrogen-bond acceptors (Lipinski definition) is 3. The zero-order chi connectivity index (χ0) is 14.6. The molecule has 3 nitrogen and oxygen atoms in total. The maximum absolute atomic E-state index is 6.08. The predicted octanol–water partition coefficient (Wildman–Crippen LogP) is 4.34. The lowest BCUT2D eigenvalue weighted by Crippen LogP contribution is -2.00. The van der Waals surface area contributed by atoms with Crippen LogP contribution in [0.15, 0.2) is 78.4 Å². The van der Waals surface area contributed by atoms with E-state index >= 15 is 0 Å². The minimum Gasteiger partial charge on any atom is -0.313 e. The molecule has 0 unspecified atom stereocenters. The molecule has 2 aromatic carbocycles. The van der Waals surface area contributed by atoms with Gasteiger partial charge < -0.3 is 5.41 Å². The molecule has 3 heteroatoms. The minimum absolute atomic E-state index is 0.828. The van der Waals surface area contributed by atoms with Crippen LogP contribution in [0.25, 0.3) is 0 Å². The second kappa shape index (κ2) is 9.28. The molecule has 0 amide bonds. The van der Waals surface area contributed by atoms with Gasteiger partial charge in [-0.3, -0.25) is 5.43 Å². The van der Waals surface area contributed by atoms with Gasteiger partial charge in [0.25, 0.3) is 0 Å². The Morgan fingerprint density at radius 3 is 2.05 bits per heavy atom. The molecule has 0 atom stereocenters. The van der Waals surface area contributed by atoms with Crippen molar-refractivity contribution in [3.05, 3.63) is 78.9 Å². The summed E-state index contributed by atoms with van der Waals surface area (Å²) < 4.78 is 0. The molecule has 0 bridgehead atoms. The number of allylic oxidation sites excluding steroid dienone is 1. The summed E-state index contributed by atoms with van der Waals surface area (Å²) in [6, 6.07) is 19.8. The topological polar surface area (TPSA) is 48.2 Å². The number of benzene rings is 2. The zero-order valence-corrected chi connectivity index (χ0v) is 11.6. The lowest BCUT2D eigenvalue weighted by Gasteiger charge is -2.03. The SMILES string of the molecule is C=C/C(=N\Nc1ccccc1)c1ccccc1.CC=N. The van der Waals surface area contributed by atoms with Gasteiger partial charge in [0.1, 0.15) is 0 Å². The van der Waals surface area contributed by atoms with E-state index in [2.05, 4.69) is 17.1 Å². The summed E-state index contributed by atoms with van der Waals surface area (Å²) in [5.41, 5.74) is 5.85. The second-order valence-electron chi connectivity index (χ2n) is 3.83. The first-order chi connectivity index (χ1) is 9.81. The van der Waals surface area contributed by atoms with Crippen molar-refractivity contribution in [2.45, 2.75) is 6.92 Å². The van der Waals surface area contributed by atoms with E-state index in [0.29, 0.717) is 0 Å². The van der Waals surface area contributed by atoms with Gasteiger partial charge in [0.05, 0.1) is 11.4 Å². The van der Waals surface area contributed by atoms with E-state index in [0.717, 1.165) is 17.0 Å². The number of para-hydroxylation sites is 1. The Bertz CT molecular complexity index is 545. The first kappa shape index (κ1) is 15.4. The smallest absolute Gasteiger partial charge is 0.0899 e. The van der Waals surface area contributed by atoms with Crippen molar-refractivity contribution in [1.82, 2.24) is 0 Å². The van der Waals surface area contributed by atoms with Crippen LogP contribution >= 0.6 is 0 Å². The monoisotopic (exact) mass is 265 g/mol. The third-order valence-electron chi connectivity index (χ3n) is 2.34. The molecule has 0 saturated carbocycles. The number of nitrogens with one attached hydrogen (secondary N) is 2. The Hall–Kier alpha value is -2.68. The highest BCUT2D eigenvalue weighted by Crippen LogP contribution is 2.07. The molecule has 0 radical (unpaired) electrons. The molecule has 0 aliphatic carbocycles. The van der Waals surface area contributed by atoms with Crippen LogP contribution in [0.4, 0.5) is 5.69 Å². The number of rotatable bonds is 4. The molecule has 0 heterocycles. The quantitative estimate of drug-likeness (QED) is 0.627. The number of anilines is 1. The third kappa shape index (κ3) is 5.31. The summed E-state index contributed by atoms with van der Waals surface area (Å²) in [6.45, 7) is 5.45. The standard InChI is InChI=1S/C15H14N2.C2H5N/c1-2-15(13-9-5-3-6-10-13)17-16-14-11-7-4-8-12-14;1-2-3/h2-12,16H,1H2;2-3H,1H3/b17-15+;. The fourth-order valence-electron chi connectivity index (χ4n) is 1.47. The van der Waals surface area contributed by atoms with E-state index < -0.39 is 0 Å². The van der Waals surface area contributed by atoms with E-state index in [1.807, 2.05) is 60.7 Å². The molecule has 0 aromatic heterocycles.